The molecule has 0 saturated heterocycles. The standard InChI is InChI=1S/C21H15F3O4/c1-3-28-20(27)21(23,24)17-16(13-9-8-12(22)10-11(13)2)18(25)14-6-4-5-7-15(14)19(17)26/h4-10H,3H2,1-2H3. The lowest BCUT2D eigenvalue weighted by molar-refractivity contribution is -0.165. The second kappa shape index (κ2) is 7.07. The van der Waals surface area contributed by atoms with Gasteiger partial charge in [0, 0.05) is 16.7 Å². The summed E-state index contributed by atoms with van der Waals surface area (Å²) in [7, 11) is 0. The molecule has 3 rings (SSSR count). The zero-order valence-electron chi connectivity index (χ0n) is 15.0. The van der Waals surface area contributed by atoms with Gasteiger partial charge in [0.1, 0.15) is 5.82 Å². The van der Waals surface area contributed by atoms with Gasteiger partial charge in [0.15, 0.2) is 11.6 Å². The highest BCUT2D eigenvalue weighted by atomic mass is 19.3. The van der Waals surface area contributed by atoms with Crippen LogP contribution in [0.4, 0.5) is 13.2 Å². The fraction of sp³-hybridized carbons (Fsp3) is 0.190. The Kier molecular flexibility index (Phi) is 4.93. The molecule has 2 aromatic rings. The van der Waals surface area contributed by atoms with Crippen LogP contribution in [0.25, 0.3) is 5.57 Å². The molecule has 0 amide bonds. The number of allylic oxidation sites excluding steroid dienone is 1. The molecule has 2 aromatic carbocycles. The van der Waals surface area contributed by atoms with E-state index in [0.29, 0.717) is 0 Å². The minimum absolute atomic E-state index is 0.0479. The summed E-state index contributed by atoms with van der Waals surface area (Å²) < 4.78 is 47.9. The van der Waals surface area contributed by atoms with Crippen molar-refractivity contribution in [1.82, 2.24) is 0 Å². The molecule has 0 unspecified atom stereocenters. The summed E-state index contributed by atoms with van der Waals surface area (Å²) >= 11 is 0. The van der Waals surface area contributed by atoms with Crippen LogP contribution in [0.15, 0.2) is 48.0 Å². The SMILES string of the molecule is CCOC(=O)C(F)(F)C1=C(c2ccc(F)cc2C)C(=O)c2ccccc2C1=O. The molecular formula is C21H15F3O4. The van der Waals surface area contributed by atoms with Crippen LogP contribution in [-0.4, -0.2) is 30.1 Å². The molecule has 1 aliphatic carbocycles. The number of ether oxygens (including phenoxy) is 1. The zero-order valence-corrected chi connectivity index (χ0v) is 15.0. The van der Waals surface area contributed by atoms with Gasteiger partial charge in [-0.3, -0.25) is 9.59 Å². The maximum Gasteiger partial charge on any atom is 0.382 e. The first-order chi connectivity index (χ1) is 13.2. The minimum Gasteiger partial charge on any atom is -0.461 e. The Labute approximate surface area is 158 Å². The van der Waals surface area contributed by atoms with Gasteiger partial charge in [-0.15, -0.1) is 0 Å². The van der Waals surface area contributed by atoms with Crippen LogP contribution in [0.3, 0.4) is 0 Å². The summed E-state index contributed by atoms with van der Waals surface area (Å²) in [6, 6.07) is 8.69. The highest BCUT2D eigenvalue weighted by Gasteiger charge is 2.53. The number of carbonyl (C=O) groups is 3. The van der Waals surface area contributed by atoms with Gasteiger partial charge < -0.3 is 4.74 Å². The van der Waals surface area contributed by atoms with Crippen LogP contribution >= 0.6 is 0 Å². The van der Waals surface area contributed by atoms with Gasteiger partial charge in [-0.2, -0.15) is 8.78 Å². The van der Waals surface area contributed by atoms with Crippen molar-refractivity contribution in [2.24, 2.45) is 0 Å². The fourth-order valence-corrected chi connectivity index (χ4v) is 3.16. The average molecular weight is 388 g/mol. The molecule has 7 heteroatoms. The van der Waals surface area contributed by atoms with Crippen LogP contribution in [0.1, 0.15) is 38.8 Å². The monoisotopic (exact) mass is 388 g/mol. The number of aryl methyl sites for hydroxylation is 1. The van der Waals surface area contributed by atoms with Gasteiger partial charge in [0.2, 0.25) is 0 Å². The van der Waals surface area contributed by atoms with E-state index in [1.807, 2.05) is 0 Å². The molecule has 4 nitrogen and oxygen atoms in total. The van der Waals surface area contributed by atoms with Crippen molar-refractivity contribution in [2.45, 2.75) is 19.8 Å². The van der Waals surface area contributed by atoms with E-state index in [2.05, 4.69) is 4.74 Å². The van der Waals surface area contributed by atoms with Crippen LogP contribution in [0.2, 0.25) is 0 Å². The number of Topliss-reactive ketones (excluding diaryl/α,β-unsaturated/α-hetero) is 2. The van der Waals surface area contributed by atoms with Gasteiger partial charge >= 0.3 is 11.9 Å². The molecule has 0 radical (unpaired) electrons. The van der Waals surface area contributed by atoms with Gasteiger partial charge in [0.05, 0.1) is 12.2 Å². The number of ketones is 2. The molecular weight excluding hydrogens is 373 g/mol. The van der Waals surface area contributed by atoms with E-state index in [1.54, 1.807) is 0 Å². The van der Waals surface area contributed by atoms with E-state index >= 15 is 0 Å². The number of alkyl halides is 2. The molecule has 0 aliphatic heterocycles. The smallest absolute Gasteiger partial charge is 0.382 e. The predicted octanol–water partition coefficient (Wildman–Crippen LogP) is 4.17. The Bertz CT molecular complexity index is 1040. The van der Waals surface area contributed by atoms with Gasteiger partial charge in [0.25, 0.3) is 0 Å². The third-order valence-corrected chi connectivity index (χ3v) is 4.42. The first-order valence-corrected chi connectivity index (χ1v) is 8.44. The Balaban J connectivity index is 2.36. The Morgan fingerprint density at radius 1 is 1.00 bits per heavy atom. The third-order valence-electron chi connectivity index (χ3n) is 4.42. The Hall–Kier alpha value is -3.22. The average Bonchev–Trinajstić information content (AvgIpc) is 2.65. The van der Waals surface area contributed by atoms with Gasteiger partial charge in [-0.1, -0.05) is 30.3 Å². The van der Waals surface area contributed by atoms with Crippen molar-refractivity contribution in [2.75, 3.05) is 6.61 Å². The molecule has 0 fully saturated rings. The summed E-state index contributed by atoms with van der Waals surface area (Å²) in [4.78, 5) is 37.9. The topological polar surface area (TPSA) is 60.4 Å². The Morgan fingerprint density at radius 2 is 1.61 bits per heavy atom. The molecule has 0 saturated carbocycles. The zero-order chi connectivity index (χ0) is 20.6. The number of esters is 1. The lowest BCUT2D eigenvalue weighted by Crippen LogP contribution is -2.40. The van der Waals surface area contributed by atoms with E-state index in [9.17, 15) is 27.6 Å². The first-order valence-electron chi connectivity index (χ1n) is 8.44. The van der Waals surface area contributed by atoms with Crippen LogP contribution in [0.5, 0.6) is 0 Å². The lowest BCUT2D eigenvalue weighted by Gasteiger charge is -2.26. The summed E-state index contributed by atoms with van der Waals surface area (Å²) in [5, 5.41) is 0. The first kappa shape index (κ1) is 19.5. The highest BCUT2D eigenvalue weighted by Crippen LogP contribution is 2.41. The molecule has 0 atom stereocenters. The van der Waals surface area contributed by atoms with Crippen molar-refractivity contribution in [3.63, 3.8) is 0 Å². The molecule has 0 bridgehead atoms. The van der Waals surface area contributed by atoms with Crippen molar-refractivity contribution in [1.29, 1.82) is 0 Å². The Morgan fingerprint density at radius 3 is 2.18 bits per heavy atom. The normalized spacial score (nSPS) is 14.2. The van der Waals surface area contributed by atoms with Gasteiger partial charge in [-0.05, 0) is 37.1 Å². The lowest BCUT2D eigenvalue weighted by atomic mass is 9.78. The second-order valence-electron chi connectivity index (χ2n) is 6.21. The van der Waals surface area contributed by atoms with Crippen LogP contribution in [-0.2, 0) is 9.53 Å². The van der Waals surface area contributed by atoms with E-state index in [-0.39, 0.29) is 28.9 Å². The van der Waals surface area contributed by atoms with Crippen LogP contribution < -0.4 is 0 Å². The third kappa shape index (κ3) is 3.02. The summed E-state index contributed by atoms with van der Waals surface area (Å²) in [6.07, 6.45) is 0. The van der Waals surface area contributed by atoms with Crippen molar-refractivity contribution >= 4 is 23.1 Å². The number of benzene rings is 2. The number of carbonyl (C=O) groups excluding carboxylic acids is 3. The van der Waals surface area contributed by atoms with Crippen molar-refractivity contribution < 1.29 is 32.3 Å². The fourth-order valence-electron chi connectivity index (χ4n) is 3.16. The molecule has 1 aliphatic rings. The maximum atomic E-state index is 15.0. The second-order valence-corrected chi connectivity index (χ2v) is 6.21. The number of hydrogen-bond donors (Lipinski definition) is 0. The number of hydrogen-bond acceptors (Lipinski definition) is 4. The van der Waals surface area contributed by atoms with E-state index in [4.69, 9.17) is 0 Å². The van der Waals surface area contributed by atoms with Crippen molar-refractivity contribution in [3.05, 3.63) is 76.1 Å². The quantitative estimate of drug-likeness (QED) is 0.738. The summed E-state index contributed by atoms with van der Waals surface area (Å²) in [5.41, 5.74) is -2.05. The van der Waals surface area contributed by atoms with E-state index in [1.165, 1.54) is 38.1 Å². The molecule has 0 aromatic heterocycles. The number of fused-ring (bicyclic) bond motifs is 1. The largest absolute Gasteiger partial charge is 0.461 e. The molecule has 0 heterocycles. The molecule has 0 N–H and O–H groups in total. The number of rotatable bonds is 4. The van der Waals surface area contributed by atoms with Crippen LogP contribution in [0, 0.1) is 12.7 Å². The summed E-state index contributed by atoms with van der Waals surface area (Å²) in [5.74, 6) is -8.90. The van der Waals surface area contributed by atoms with E-state index in [0.717, 1.165) is 18.2 Å². The number of halogens is 3. The molecule has 28 heavy (non-hydrogen) atoms. The maximum absolute atomic E-state index is 15.0. The highest BCUT2D eigenvalue weighted by molar-refractivity contribution is 6.42. The molecule has 0 spiro atoms. The summed E-state index contributed by atoms with van der Waals surface area (Å²) in [6.45, 7) is 2.44. The minimum atomic E-state index is -4.35. The van der Waals surface area contributed by atoms with Gasteiger partial charge in [-0.25, -0.2) is 9.18 Å². The molecule has 144 valence electrons. The predicted molar refractivity (Wildman–Crippen MR) is 94.7 cm³/mol. The van der Waals surface area contributed by atoms with Crippen molar-refractivity contribution in [3.8, 4) is 0 Å². The van der Waals surface area contributed by atoms with E-state index < -0.39 is 40.4 Å².